The van der Waals surface area contributed by atoms with Gasteiger partial charge in [-0.1, -0.05) is 54.1 Å². The fraction of sp³-hybridized carbons (Fsp3) is 0.167. The predicted octanol–water partition coefficient (Wildman–Crippen LogP) is 5.04. The lowest BCUT2D eigenvalue weighted by Gasteiger charge is -2.02. The molecule has 3 aromatic rings. The summed E-state index contributed by atoms with van der Waals surface area (Å²) in [6, 6.07) is 18.9. The third kappa shape index (κ3) is 3.31. The molecule has 0 aliphatic heterocycles. The number of hydrogen-bond donors (Lipinski definition) is 1. The predicted molar refractivity (Wildman–Crippen MR) is 90.8 cm³/mol. The number of aryl methyl sites for hydroxylation is 2. The lowest BCUT2D eigenvalue weighted by atomic mass is 10.1. The Balaban J connectivity index is 1.78. The van der Waals surface area contributed by atoms with Crippen LogP contribution in [0.5, 0.6) is 0 Å². The highest BCUT2D eigenvalue weighted by Crippen LogP contribution is 2.30. The van der Waals surface area contributed by atoms with Crippen molar-refractivity contribution in [1.29, 1.82) is 0 Å². The Morgan fingerprint density at radius 2 is 1.81 bits per heavy atom. The molecule has 2 aromatic carbocycles. The first-order valence-electron chi connectivity index (χ1n) is 7.04. The van der Waals surface area contributed by atoms with Gasteiger partial charge >= 0.3 is 0 Å². The number of nitrogens with zero attached hydrogens (tertiary/aromatic N) is 1. The maximum atomic E-state index is 4.74. The van der Waals surface area contributed by atoms with Crippen LogP contribution >= 0.6 is 11.3 Å². The second kappa shape index (κ2) is 6.10. The van der Waals surface area contributed by atoms with Gasteiger partial charge in [0.15, 0.2) is 5.13 Å². The van der Waals surface area contributed by atoms with Crippen molar-refractivity contribution in [2.75, 3.05) is 5.32 Å². The second-order valence-electron chi connectivity index (χ2n) is 5.13. The summed E-state index contributed by atoms with van der Waals surface area (Å²) in [4.78, 5) is 5.99. The molecule has 0 aliphatic rings. The van der Waals surface area contributed by atoms with Crippen LogP contribution in [0.2, 0.25) is 0 Å². The van der Waals surface area contributed by atoms with Crippen molar-refractivity contribution in [3.05, 3.63) is 70.6 Å². The number of rotatable bonds is 4. The van der Waals surface area contributed by atoms with E-state index in [4.69, 9.17) is 4.98 Å². The van der Waals surface area contributed by atoms with Crippen LogP contribution in [0.4, 0.5) is 5.13 Å². The molecule has 0 saturated carbocycles. The minimum atomic E-state index is 0.807. The van der Waals surface area contributed by atoms with Gasteiger partial charge in [0.25, 0.3) is 0 Å². The van der Waals surface area contributed by atoms with E-state index in [0.29, 0.717) is 0 Å². The van der Waals surface area contributed by atoms with Crippen molar-refractivity contribution in [1.82, 2.24) is 4.98 Å². The Kier molecular flexibility index (Phi) is 4.02. The normalized spacial score (nSPS) is 10.6. The molecule has 106 valence electrons. The fourth-order valence-electron chi connectivity index (χ4n) is 2.31. The molecule has 21 heavy (non-hydrogen) atoms. The molecule has 3 heteroatoms. The van der Waals surface area contributed by atoms with Gasteiger partial charge < -0.3 is 5.32 Å². The summed E-state index contributed by atoms with van der Waals surface area (Å²) in [6.07, 6.45) is 0. The average Bonchev–Trinajstić information content (AvgIpc) is 2.87. The fourth-order valence-corrected chi connectivity index (χ4v) is 3.14. The highest BCUT2D eigenvalue weighted by atomic mass is 32.1. The zero-order valence-corrected chi connectivity index (χ0v) is 13.1. The van der Waals surface area contributed by atoms with Crippen LogP contribution in [0, 0.1) is 13.8 Å². The van der Waals surface area contributed by atoms with Gasteiger partial charge in [0, 0.05) is 17.0 Å². The molecule has 0 atom stereocenters. The number of benzene rings is 2. The Hall–Kier alpha value is -2.13. The first kappa shape index (κ1) is 13.8. The zero-order valence-electron chi connectivity index (χ0n) is 12.3. The molecule has 1 N–H and O–H groups in total. The van der Waals surface area contributed by atoms with Crippen molar-refractivity contribution in [2.45, 2.75) is 20.4 Å². The van der Waals surface area contributed by atoms with E-state index in [1.54, 1.807) is 11.3 Å². The molecule has 1 heterocycles. The standard InChI is InChI=1S/C18H18N2S/c1-13-7-6-10-16(11-13)17-14(2)21-18(20-17)19-12-15-8-4-3-5-9-15/h3-11H,12H2,1-2H3,(H,19,20). The molecule has 0 spiro atoms. The highest BCUT2D eigenvalue weighted by molar-refractivity contribution is 7.15. The number of nitrogens with one attached hydrogen (secondary N) is 1. The molecular weight excluding hydrogens is 276 g/mol. The molecule has 0 unspecified atom stereocenters. The SMILES string of the molecule is Cc1cccc(-c2nc(NCc3ccccc3)sc2C)c1. The van der Waals surface area contributed by atoms with Crippen LogP contribution in [0.25, 0.3) is 11.3 Å². The average molecular weight is 294 g/mol. The largest absolute Gasteiger partial charge is 0.357 e. The van der Waals surface area contributed by atoms with E-state index < -0.39 is 0 Å². The van der Waals surface area contributed by atoms with Gasteiger partial charge in [-0.2, -0.15) is 0 Å². The second-order valence-corrected chi connectivity index (χ2v) is 6.34. The van der Waals surface area contributed by atoms with Crippen LogP contribution in [0.1, 0.15) is 16.0 Å². The Morgan fingerprint density at radius 3 is 2.57 bits per heavy atom. The van der Waals surface area contributed by atoms with Crippen LogP contribution in [-0.4, -0.2) is 4.98 Å². The summed E-state index contributed by atoms with van der Waals surface area (Å²) in [6.45, 7) is 5.05. The first-order valence-corrected chi connectivity index (χ1v) is 7.86. The van der Waals surface area contributed by atoms with Crippen molar-refractivity contribution in [2.24, 2.45) is 0 Å². The van der Waals surface area contributed by atoms with E-state index in [0.717, 1.165) is 17.4 Å². The Morgan fingerprint density at radius 1 is 1.00 bits per heavy atom. The van der Waals surface area contributed by atoms with Crippen LogP contribution < -0.4 is 5.32 Å². The summed E-state index contributed by atoms with van der Waals surface area (Å²) < 4.78 is 0. The van der Waals surface area contributed by atoms with Gasteiger partial charge in [-0.3, -0.25) is 0 Å². The van der Waals surface area contributed by atoms with Crippen LogP contribution in [0.15, 0.2) is 54.6 Å². The zero-order chi connectivity index (χ0) is 14.7. The summed E-state index contributed by atoms with van der Waals surface area (Å²) in [5, 5.41) is 4.39. The lowest BCUT2D eigenvalue weighted by molar-refractivity contribution is 1.13. The number of anilines is 1. The van der Waals surface area contributed by atoms with Crippen molar-refractivity contribution < 1.29 is 0 Å². The lowest BCUT2D eigenvalue weighted by Crippen LogP contribution is -1.98. The quantitative estimate of drug-likeness (QED) is 0.729. The molecular formula is C18H18N2S. The van der Waals surface area contributed by atoms with E-state index in [-0.39, 0.29) is 0 Å². The first-order chi connectivity index (χ1) is 10.2. The molecule has 0 fully saturated rings. The topological polar surface area (TPSA) is 24.9 Å². The van der Waals surface area contributed by atoms with E-state index in [1.807, 2.05) is 6.07 Å². The summed E-state index contributed by atoms with van der Waals surface area (Å²) >= 11 is 1.71. The van der Waals surface area contributed by atoms with Crippen molar-refractivity contribution in [3.8, 4) is 11.3 Å². The third-order valence-corrected chi connectivity index (χ3v) is 4.30. The molecule has 0 radical (unpaired) electrons. The maximum absolute atomic E-state index is 4.74. The monoisotopic (exact) mass is 294 g/mol. The Labute approximate surface area is 129 Å². The molecule has 0 bridgehead atoms. The van der Waals surface area contributed by atoms with Gasteiger partial charge in [0.1, 0.15) is 0 Å². The van der Waals surface area contributed by atoms with Crippen molar-refractivity contribution >= 4 is 16.5 Å². The molecule has 1 aromatic heterocycles. The number of hydrogen-bond acceptors (Lipinski definition) is 3. The molecule has 0 amide bonds. The summed E-state index contributed by atoms with van der Waals surface area (Å²) in [7, 11) is 0. The molecule has 2 nitrogen and oxygen atoms in total. The van der Waals surface area contributed by atoms with Crippen LogP contribution in [0.3, 0.4) is 0 Å². The summed E-state index contributed by atoms with van der Waals surface area (Å²) in [5.41, 5.74) is 4.80. The van der Waals surface area contributed by atoms with Gasteiger partial charge in [0.2, 0.25) is 0 Å². The molecule has 0 saturated heterocycles. The van der Waals surface area contributed by atoms with E-state index in [2.05, 4.69) is 67.7 Å². The molecule has 3 rings (SSSR count). The number of aromatic nitrogens is 1. The minimum absolute atomic E-state index is 0.807. The molecule has 0 aliphatic carbocycles. The smallest absolute Gasteiger partial charge is 0.183 e. The van der Waals surface area contributed by atoms with Crippen molar-refractivity contribution in [3.63, 3.8) is 0 Å². The van der Waals surface area contributed by atoms with Gasteiger partial charge in [-0.15, -0.1) is 11.3 Å². The van der Waals surface area contributed by atoms with Crippen LogP contribution in [-0.2, 0) is 6.54 Å². The Bertz CT molecular complexity index is 732. The number of thiazole rings is 1. The summed E-state index contributed by atoms with van der Waals surface area (Å²) in [5.74, 6) is 0. The van der Waals surface area contributed by atoms with E-state index in [1.165, 1.54) is 21.6 Å². The van der Waals surface area contributed by atoms with Gasteiger partial charge in [-0.25, -0.2) is 4.98 Å². The maximum Gasteiger partial charge on any atom is 0.183 e. The minimum Gasteiger partial charge on any atom is -0.357 e. The highest BCUT2D eigenvalue weighted by Gasteiger charge is 2.09. The van der Waals surface area contributed by atoms with E-state index in [9.17, 15) is 0 Å². The van der Waals surface area contributed by atoms with Gasteiger partial charge in [0.05, 0.1) is 5.69 Å². The van der Waals surface area contributed by atoms with Gasteiger partial charge in [-0.05, 0) is 25.5 Å². The van der Waals surface area contributed by atoms with E-state index >= 15 is 0 Å². The third-order valence-electron chi connectivity index (χ3n) is 3.37.